The second kappa shape index (κ2) is 7.77. The predicted octanol–water partition coefficient (Wildman–Crippen LogP) is 3.19. The number of aromatic nitrogens is 1. The van der Waals surface area contributed by atoms with Crippen LogP contribution in [0.4, 0.5) is 11.4 Å². The number of anilines is 2. The molecule has 0 aliphatic carbocycles. The Kier molecular flexibility index (Phi) is 5.74. The Labute approximate surface area is 138 Å². The van der Waals surface area contributed by atoms with Crippen molar-refractivity contribution in [1.29, 1.82) is 0 Å². The zero-order valence-corrected chi connectivity index (χ0v) is 14.4. The van der Waals surface area contributed by atoms with Gasteiger partial charge in [-0.3, -0.25) is 4.79 Å². The molecule has 4 heteroatoms. The van der Waals surface area contributed by atoms with E-state index in [-0.39, 0.29) is 5.91 Å². The molecule has 1 aromatic heterocycles. The molecule has 23 heavy (non-hydrogen) atoms. The molecule has 1 aromatic carbocycles. The minimum absolute atomic E-state index is 0.0242. The van der Waals surface area contributed by atoms with Gasteiger partial charge in [0.15, 0.2) is 12.4 Å². The smallest absolute Gasteiger partial charge is 0.290 e. The maximum Gasteiger partial charge on any atom is 0.290 e. The number of hydrogen-bond donors (Lipinski definition) is 1. The van der Waals surface area contributed by atoms with Crippen LogP contribution in [0.15, 0.2) is 48.8 Å². The average Bonchev–Trinajstić information content (AvgIpc) is 2.55. The van der Waals surface area contributed by atoms with E-state index >= 15 is 0 Å². The third-order valence-corrected chi connectivity index (χ3v) is 4.09. The lowest BCUT2D eigenvalue weighted by molar-refractivity contribution is -0.684. The van der Waals surface area contributed by atoms with Crippen LogP contribution < -0.4 is 14.8 Å². The normalized spacial score (nSPS) is 11.8. The summed E-state index contributed by atoms with van der Waals surface area (Å²) < 4.78 is 1.87. The summed E-state index contributed by atoms with van der Waals surface area (Å²) in [5.41, 5.74) is 3.26. The van der Waals surface area contributed by atoms with Crippen molar-refractivity contribution in [1.82, 2.24) is 0 Å². The molecule has 1 atom stereocenters. The van der Waals surface area contributed by atoms with Crippen LogP contribution in [0.25, 0.3) is 0 Å². The van der Waals surface area contributed by atoms with Gasteiger partial charge in [0, 0.05) is 37.6 Å². The summed E-state index contributed by atoms with van der Waals surface area (Å²) in [5, 5.41) is 2.94. The summed E-state index contributed by atoms with van der Waals surface area (Å²) in [5.74, 6) is 0.523. The van der Waals surface area contributed by atoms with Crippen molar-refractivity contribution in [2.24, 2.45) is 0 Å². The van der Waals surface area contributed by atoms with Gasteiger partial charge in [-0.05, 0) is 30.0 Å². The van der Waals surface area contributed by atoms with Crippen LogP contribution >= 0.6 is 0 Å². The fourth-order valence-electron chi connectivity index (χ4n) is 2.35. The van der Waals surface area contributed by atoms with E-state index in [1.165, 1.54) is 5.56 Å². The van der Waals surface area contributed by atoms with Gasteiger partial charge in [0.25, 0.3) is 5.91 Å². The summed E-state index contributed by atoms with van der Waals surface area (Å²) in [6.07, 6.45) is 4.95. The number of carbonyl (C=O) groups excluding carboxylic acids is 1. The molecule has 1 amide bonds. The molecule has 0 unspecified atom stereocenters. The number of nitrogens with zero attached hydrogens (tertiary/aromatic N) is 2. The van der Waals surface area contributed by atoms with E-state index < -0.39 is 0 Å². The molecule has 1 heterocycles. The molecule has 2 rings (SSSR count). The summed E-state index contributed by atoms with van der Waals surface area (Å²) in [6, 6.07) is 12.1. The number of benzene rings is 1. The van der Waals surface area contributed by atoms with Crippen LogP contribution in [0.1, 0.15) is 31.7 Å². The minimum Gasteiger partial charge on any atom is -0.377 e. The van der Waals surface area contributed by atoms with Gasteiger partial charge >= 0.3 is 0 Å². The number of carbonyl (C=O) groups is 1. The van der Waals surface area contributed by atoms with Gasteiger partial charge in [0.2, 0.25) is 6.54 Å². The Balaban J connectivity index is 1.94. The maximum absolute atomic E-state index is 12.1. The monoisotopic (exact) mass is 312 g/mol. The molecule has 0 spiro atoms. The SMILES string of the molecule is CC[C@@H](C)c1ccc(NC(=O)C[n+]2ccc(N(C)C)cc2)cc1. The van der Waals surface area contributed by atoms with E-state index in [1.54, 1.807) is 0 Å². The van der Waals surface area contributed by atoms with Crippen molar-refractivity contribution in [3.05, 3.63) is 54.4 Å². The van der Waals surface area contributed by atoms with Gasteiger partial charge in [-0.2, -0.15) is 4.57 Å². The third kappa shape index (κ3) is 4.81. The minimum atomic E-state index is -0.0242. The summed E-state index contributed by atoms with van der Waals surface area (Å²) in [4.78, 5) is 14.2. The van der Waals surface area contributed by atoms with E-state index in [4.69, 9.17) is 0 Å². The number of rotatable bonds is 6. The van der Waals surface area contributed by atoms with Crippen molar-refractivity contribution < 1.29 is 9.36 Å². The quantitative estimate of drug-likeness (QED) is 0.832. The van der Waals surface area contributed by atoms with Crippen LogP contribution in [0.3, 0.4) is 0 Å². The largest absolute Gasteiger partial charge is 0.377 e. The van der Waals surface area contributed by atoms with Crippen LogP contribution in [0.5, 0.6) is 0 Å². The van der Waals surface area contributed by atoms with Crippen molar-refractivity contribution in [2.75, 3.05) is 24.3 Å². The van der Waals surface area contributed by atoms with Crippen molar-refractivity contribution >= 4 is 17.3 Å². The lowest BCUT2D eigenvalue weighted by Crippen LogP contribution is -2.39. The van der Waals surface area contributed by atoms with E-state index in [9.17, 15) is 4.79 Å². The lowest BCUT2D eigenvalue weighted by atomic mass is 9.99. The van der Waals surface area contributed by atoms with Gasteiger partial charge < -0.3 is 10.2 Å². The predicted molar refractivity (Wildman–Crippen MR) is 94.7 cm³/mol. The van der Waals surface area contributed by atoms with Gasteiger partial charge in [0.05, 0.1) is 0 Å². The fraction of sp³-hybridized carbons (Fsp3) is 0.368. The van der Waals surface area contributed by atoms with Crippen molar-refractivity contribution in [3.63, 3.8) is 0 Å². The summed E-state index contributed by atoms with van der Waals surface area (Å²) >= 11 is 0. The first kappa shape index (κ1) is 17.0. The molecule has 0 bridgehead atoms. The molecule has 0 aliphatic rings. The molecule has 1 N–H and O–H groups in total. The van der Waals surface area contributed by atoms with Crippen molar-refractivity contribution in [2.45, 2.75) is 32.7 Å². The molecule has 0 fully saturated rings. The fourth-order valence-corrected chi connectivity index (χ4v) is 2.35. The molecule has 0 radical (unpaired) electrons. The Hall–Kier alpha value is -2.36. The molecule has 2 aromatic rings. The van der Waals surface area contributed by atoms with E-state index in [2.05, 4.69) is 31.3 Å². The van der Waals surface area contributed by atoms with Crippen LogP contribution in [0, 0.1) is 0 Å². The molecule has 4 nitrogen and oxygen atoms in total. The number of nitrogens with one attached hydrogen (secondary N) is 1. The van der Waals surface area contributed by atoms with Gasteiger partial charge in [-0.15, -0.1) is 0 Å². The maximum atomic E-state index is 12.1. The number of pyridine rings is 1. The second-order valence-corrected chi connectivity index (χ2v) is 6.10. The summed E-state index contributed by atoms with van der Waals surface area (Å²) in [7, 11) is 3.99. The molecule has 0 aliphatic heterocycles. The highest BCUT2D eigenvalue weighted by atomic mass is 16.1. The molecule has 0 saturated carbocycles. The Morgan fingerprint density at radius 3 is 2.26 bits per heavy atom. The Bertz CT molecular complexity index is 633. The Morgan fingerprint density at radius 2 is 1.74 bits per heavy atom. The average molecular weight is 312 g/mol. The molecular weight excluding hydrogens is 286 g/mol. The molecule has 122 valence electrons. The first-order chi connectivity index (χ1) is 11.0. The van der Waals surface area contributed by atoms with Crippen LogP contribution in [0.2, 0.25) is 0 Å². The highest BCUT2D eigenvalue weighted by Crippen LogP contribution is 2.20. The number of amides is 1. The zero-order chi connectivity index (χ0) is 16.8. The van der Waals surface area contributed by atoms with E-state index in [0.717, 1.165) is 17.8 Å². The van der Waals surface area contributed by atoms with Crippen LogP contribution in [-0.4, -0.2) is 20.0 Å². The van der Waals surface area contributed by atoms with Gasteiger partial charge in [-0.25, -0.2) is 0 Å². The number of hydrogen-bond acceptors (Lipinski definition) is 2. The highest BCUT2D eigenvalue weighted by Gasteiger charge is 2.10. The third-order valence-electron chi connectivity index (χ3n) is 4.09. The standard InChI is InChI=1S/C19H25N3O/c1-5-15(2)16-6-8-17(9-7-16)20-19(23)14-22-12-10-18(11-13-22)21(3)4/h6-13,15H,5,14H2,1-4H3/p+1/t15-/m1/s1. The zero-order valence-electron chi connectivity index (χ0n) is 14.4. The molecule has 0 saturated heterocycles. The molecular formula is C19H26N3O+. The van der Waals surface area contributed by atoms with Gasteiger partial charge in [-0.1, -0.05) is 26.0 Å². The Morgan fingerprint density at radius 1 is 1.13 bits per heavy atom. The first-order valence-corrected chi connectivity index (χ1v) is 8.06. The lowest BCUT2D eigenvalue weighted by Gasteiger charge is -2.11. The summed E-state index contributed by atoms with van der Waals surface area (Å²) in [6.45, 7) is 4.70. The van der Waals surface area contributed by atoms with Crippen LogP contribution in [-0.2, 0) is 11.3 Å². The highest BCUT2D eigenvalue weighted by molar-refractivity contribution is 5.89. The topological polar surface area (TPSA) is 36.2 Å². The van der Waals surface area contributed by atoms with E-state index in [0.29, 0.717) is 12.5 Å². The first-order valence-electron chi connectivity index (χ1n) is 8.06. The second-order valence-electron chi connectivity index (χ2n) is 6.10. The van der Waals surface area contributed by atoms with E-state index in [1.807, 2.05) is 60.2 Å². The van der Waals surface area contributed by atoms with Gasteiger partial charge in [0.1, 0.15) is 0 Å². The van der Waals surface area contributed by atoms with Crippen molar-refractivity contribution in [3.8, 4) is 0 Å².